The molecule has 0 saturated heterocycles. The second-order valence-corrected chi connectivity index (χ2v) is 4.98. The van der Waals surface area contributed by atoms with Crippen molar-refractivity contribution in [3.05, 3.63) is 11.4 Å². The van der Waals surface area contributed by atoms with Crippen molar-refractivity contribution in [2.75, 3.05) is 23.7 Å². The van der Waals surface area contributed by atoms with E-state index in [1.54, 1.807) is 11.4 Å². The molecule has 8 heteroatoms. The molecule has 0 radical (unpaired) electrons. The topological polar surface area (TPSA) is 55.0 Å². The van der Waals surface area contributed by atoms with Crippen LogP contribution in [0.15, 0.2) is 11.4 Å². The van der Waals surface area contributed by atoms with E-state index >= 15 is 0 Å². The van der Waals surface area contributed by atoms with Gasteiger partial charge in [-0.3, -0.25) is 0 Å². The summed E-state index contributed by atoms with van der Waals surface area (Å²) in [6.45, 7) is 1.04. The summed E-state index contributed by atoms with van der Waals surface area (Å²) in [7, 11) is 0. The molecule has 0 aliphatic carbocycles. The van der Waals surface area contributed by atoms with E-state index in [9.17, 15) is 13.2 Å². The van der Waals surface area contributed by atoms with E-state index in [0.29, 0.717) is 16.6 Å². The highest BCUT2D eigenvalue weighted by Crippen LogP contribution is 2.30. The maximum atomic E-state index is 12.6. The van der Waals surface area contributed by atoms with Crippen LogP contribution in [0.4, 0.5) is 24.9 Å². The molecule has 0 unspecified atom stereocenters. The van der Waals surface area contributed by atoms with E-state index in [-0.39, 0.29) is 18.3 Å². The highest BCUT2D eigenvalue weighted by molar-refractivity contribution is 7.16. The summed E-state index contributed by atoms with van der Waals surface area (Å²) < 4.78 is 37.9. The van der Waals surface area contributed by atoms with Gasteiger partial charge in [0.2, 0.25) is 5.95 Å². The molecule has 0 amide bonds. The maximum Gasteiger partial charge on any atom is 0.405 e. The lowest BCUT2D eigenvalue weighted by Gasteiger charge is -2.25. The van der Waals surface area contributed by atoms with Crippen LogP contribution in [0.2, 0.25) is 0 Å². The van der Waals surface area contributed by atoms with Crippen molar-refractivity contribution >= 4 is 33.3 Å². The zero-order valence-electron chi connectivity index (χ0n) is 10.2. The summed E-state index contributed by atoms with van der Waals surface area (Å²) in [5, 5.41) is 2.37. The van der Waals surface area contributed by atoms with Gasteiger partial charge in [0.15, 0.2) is 0 Å². The fourth-order valence-corrected chi connectivity index (χ4v) is 2.61. The van der Waals surface area contributed by atoms with Gasteiger partial charge in [-0.25, -0.2) is 4.98 Å². The molecule has 0 bridgehead atoms. The van der Waals surface area contributed by atoms with Crippen molar-refractivity contribution in [2.24, 2.45) is 0 Å². The Morgan fingerprint density at radius 1 is 1.37 bits per heavy atom. The lowest BCUT2D eigenvalue weighted by Crippen LogP contribution is -2.35. The third-order valence-electron chi connectivity index (χ3n) is 2.49. The average Bonchev–Trinajstić information content (AvgIpc) is 2.73. The average molecular weight is 290 g/mol. The number of halogens is 3. The Labute approximate surface area is 112 Å². The lowest BCUT2D eigenvalue weighted by atomic mass is 10.3. The second-order valence-electron chi connectivity index (χ2n) is 4.08. The Morgan fingerprint density at radius 3 is 2.74 bits per heavy atom. The van der Waals surface area contributed by atoms with Gasteiger partial charge in [-0.2, -0.15) is 18.2 Å². The molecule has 2 heterocycles. The molecule has 0 aromatic carbocycles. The Morgan fingerprint density at radius 2 is 2.11 bits per heavy atom. The van der Waals surface area contributed by atoms with Crippen LogP contribution < -0.4 is 10.6 Å². The van der Waals surface area contributed by atoms with Crippen LogP contribution in [0.1, 0.15) is 13.3 Å². The minimum Gasteiger partial charge on any atom is -0.368 e. The highest BCUT2D eigenvalue weighted by Gasteiger charge is 2.32. The number of nitrogens with two attached hydrogens (primary N) is 1. The van der Waals surface area contributed by atoms with Gasteiger partial charge >= 0.3 is 6.18 Å². The Balaban J connectivity index is 2.45. The zero-order valence-corrected chi connectivity index (χ0v) is 11.1. The minimum absolute atomic E-state index is 0.00627. The molecule has 19 heavy (non-hydrogen) atoms. The van der Waals surface area contributed by atoms with Gasteiger partial charge < -0.3 is 10.6 Å². The number of anilines is 2. The summed E-state index contributed by atoms with van der Waals surface area (Å²) in [5.74, 6) is 0.246. The van der Waals surface area contributed by atoms with Crippen LogP contribution in [-0.2, 0) is 0 Å². The van der Waals surface area contributed by atoms with Crippen LogP contribution in [-0.4, -0.2) is 29.2 Å². The number of alkyl halides is 3. The third-order valence-corrected chi connectivity index (χ3v) is 3.29. The Bertz CT molecular complexity index is 567. The second kappa shape index (κ2) is 5.20. The fourth-order valence-electron chi connectivity index (χ4n) is 1.84. The lowest BCUT2D eigenvalue weighted by molar-refractivity contribution is -0.119. The van der Waals surface area contributed by atoms with Crippen LogP contribution in [0.3, 0.4) is 0 Å². The molecule has 0 spiro atoms. The zero-order chi connectivity index (χ0) is 14.0. The van der Waals surface area contributed by atoms with Crippen molar-refractivity contribution < 1.29 is 13.2 Å². The van der Waals surface area contributed by atoms with Crippen molar-refractivity contribution in [3.63, 3.8) is 0 Å². The van der Waals surface area contributed by atoms with Gasteiger partial charge in [0, 0.05) is 6.54 Å². The van der Waals surface area contributed by atoms with Crippen molar-refractivity contribution in [3.8, 4) is 0 Å². The number of hydrogen-bond acceptors (Lipinski definition) is 5. The molecule has 2 rings (SSSR count). The molecule has 0 fully saturated rings. The van der Waals surface area contributed by atoms with Gasteiger partial charge in [0.25, 0.3) is 0 Å². The summed E-state index contributed by atoms with van der Waals surface area (Å²) in [4.78, 5) is 9.79. The molecular weight excluding hydrogens is 277 g/mol. The van der Waals surface area contributed by atoms with Crippen molar-refractivity contribution in [2.45, 2.75) is 19.5 Å². The molecule has 104 valence electrons. The largest absolute Gasteiger partial charge is 0.405 e. The number of thiophene rings is 1. The van der Waals surface area contributed by atoms with Crippen molar-refractivity contribution in [1.29, 1.82) is 0 Å². The summed E-state index contributed by atoms with van der Waals surface area (Å²) in [5.41, 5.74) is 5.56. The standard InChI is InChI=1S/C11H13F3N4S/c1-2-4-18(6-11(12,13)14)8-7-3-5-19-9(7)17-10(15)16-8/h3,5H,2,4,6H2,1H3,(H2,15,16,17). The van der Waals surface area contributed by atoms with E-state index in [1.165, 1.54) is 16.2 Å². The van der Waals surface area contributed by atoms with Gasteiger partial charge in [-0.05, 0) is 17.9 Å². The summed E-state index contributed by atoms with van der Waals surface area (Å²) in [6, 6.07) is 1.72. The number of fused-ring (bicyclic) bond motifs is 1. The van der Waals surface area contributed by atoms with Crippen molar-refractivity contribution in [1.82, 2.24) is 9.97 Å². The van der Waals surface area contributed by atoms with E-state index in [4.69, 9.17) is 5.73 Å². The van der Waals surface area contributed by atoms with E-state index in [2.05, 4.69) is 9.97 Å². The number of rotatable bonds is 4. The normalized spacial score (nSPS) is 12.0. The van der Waals surface area contributed by atoms with Crippen LogP contribution in [0.5, 0.6) is 0 Å². The number of hydrogen-bond donors (Lipinski definition) is 1. The molecule has 2 aromatic heterocycles. The summed E-state index contributed by atoms with van der Waals surface area (Å²) in [6.07, 6.45) is -3.69. The predicted molar refractivity (Wildman–Crippen MR) is 70.4 cm³/mol. The maximum absolute atomic E-state index is 12.6. The van der Waals surface area contributed by atoms with E-state index in [0.717, 1.165) is 0 Å². The van der Waals surface area contributed by atoms with Crippen LogP contribution in [0.25, 0.3) is 10.2 Å². The van der Waals surface area contributed by atoms with Crippen LogP contribution in [0, 0.1) is 0 Å². The van der Waals surface area contributed by atoms with E-state index < -0.39 is 12.7 Å². The van der Waals surface area contributed by atoms with Gasteiger partial charge in [0.1, 0.15) is 17.2 Å². The third kappa shape index (κ3) is 3.25. The minimum atomic E-state index is -4.28. The number of nitrogens with zero attached hydrogens (tertiary/aromatic N) is 3. The van der Waals surface area contributed by atoms with Gasteiger partial charge in [0.05, 0.1) is 5.39 Å². The molecule has 4 nitrogen and oxygen atoms in total. The quantitative estimate of drug-likeness (QED) is 0.940. The highest BCUT2D eigenvalue weighted by atomic mass is 32.1. The molecule has 0 aliphatic heterocycles. The first-order valence-electron chi connectivity index (χ1n) is 5.73. The van der Waals surface area contributed by atoms with Gasteiger partial charge in [-0.15, -0.1) is 11.3 Å². The summed E-state index contributed by atoms with van der Waals surface area (Å²) >= 11 is 1.33. The van der Waals surface area contributed by atoms with E-state index in [1.807, 2.05) is 6.92 Å². The monoisotopic (exact) mass is 290 g/mol. The molecule has 0 atom stereocenters. The Hall–Kier alpha value is -1.57. The number of nitrogen functional groups attached to an aromatic ring is 1. The molecule has 0 aliphatic rings. The smallest absolute Gasteiger partial charge is 0.368 e. The molecule has 2 aromatic rings. The first kappa shape index (κ1) is 13.9. The Kier molecular flexibility index (Phi) is 3.79. The first-order valence-corrected chi connectivity index (χ1v) is 6.61. The SMILES string of the molecule is CCCN(CC(F)(F)F)c1nc(N)nc2sccc12. The number of aromatic nitrogens is 2. The molecule has 2 N–H and O–H groups in total. The van der Waals surface area contributed by atoms with Crippen LogP contribution >= 0.6 is 11.3 Å². The van der Waals surface area contributed by atoms with Gasteiger partial charge in [-0.1, -0.05) is 6.92 Å². The fraction of sp³-hybridized carbons (Fsp3) is 0.455. The molecule has 0 saturated carbocycles. The predicted octanol–water partition coefficient (Wildman–Crippen LogP) is 3.05. The molecular formula is C11H13F3N4S. The first-order chi connectivity index (χ1) is 8.90.